The van der Waals surface area contributed by atoms with Gasteiger partial charge in [-0.05, 0) is 54.3 Å². The quantitative estimate of drug-likeness (QED) is 0.297. The number of rotatable bonds is 3. The van der Waals surface area contributed by atoms with Gasteiger partial charge in [0.25, 0.3) is 0 Å². The van der Waals surface area contributed by atoms with E-state index in [4.69, 9.17) is 4.98 Å². The second-order valence-electron chi connectivity index (χ2n) is 9.94. The van der Waals surface area contributed by atoms with E-state index in [1.165, 1.54) is 55.3 Å². The molecule has 3 aromatic carbocycles. The minimum Gasteiger partial charge on any atom is -0.302 e. The van der Waals surface area contributed by atoms with Crippen LogP contribution in [0.2, 0.25) is 0 Å². The monoisotopic (exact) mass is 432 g/mol. The standard InChI is InChI=1S/C30H30N3/c1-18(2)15-21-9-8-12-26-23(21)13-14-27(32(26)5)29-20(4)22-10-6-7-11-24(22)30-25(29)16-28-31-19(3)17-33(28)30/h6-14,17-18H,15-16H2,1-5H3/q+1. The van der Waals surface area contributed by atoms with Gasteiger partial charge < -0.3 is 4.57 Å². The molecule has 3 heteroatoms. The minimum atomic E-state index is 0.636. The zero-order chi connectivity index (χ0) is 22.9. The molecule has 0 fully saturated rings. The molecule has 0 saturated carbocycles. The lowest BCUT2D eigenvalue weighted by atomic mass is 9.89. The minimum absolute atomic E-state index is 0.636. The third kappa shape index (κ3) is 2.95. The van der Waals surface area contributed by atoms with E-state index in [0.29, 0.717) is 5.92 Å². The molecule has 0 N–H and O–H groups in total. The molecular weight excluding hydrogens is 402 g/mol. The number of aryl methyl sites for hydroxylation is 3. The maximum atomic E-state index is 4.84. The Morgan fingerprint density at radius 3 is 2.52 bits per heavy atom. The second kappa shape index (κ2) is 7.28. The highest BCUT2D eigenvalue weighted by atomic mass is 15.1. The molecule has 164 valence electrons. The lowest BCUT2D eigenvalue weighted by Gasteiger charge is -2.17. The van der Waals surface area contributed by atoms with Gasteiger partial charge >= 0.3 is 0 Å². The number of hydrogen-bond donors (Lipinski definition) is 0. The Bertz CT molecular complexity index is 1570. The van der Waals surface area contributed by atoms with Crippen LogP contribution in [0.15, 0.2) is 60.8 Å². The Balaban J connectivity index is 1.67. The molecule has 1 aliphatic rings. The van der Waals surface area contributed by atoms with Crippen molar-refractivity contribution in [3.05, 3.63) is 89.0 Å². The smallest absolute Gasteiger partial charge is 0.213 e. The SMILES string of the molecule is Cc1cn2c(n1)Cc1c(-c3ccc4c(CC(C)C)cccc4[n+]3C)c(C)c3ccccc3c1-2. The third-order valence-electron chi connectivity index (χ3n) is 7.21. The molecule has 33 heavy (non-hydrogen) atoms. The first-order valence-corrected chi connectivity index (χ1v) is 11.9. The summed E-state index contributed by atoms with van der Waals surface area (Å²) in [5.41, 5.74) is 10.5. The van der Waals surface area contributed by atoms with Crippen LogP contribution >= 0.6 is 0 Å². The Hall–Kier alpha value is -3.46. The molecule has 2 aromatic heterocycles. The average Bonchev–Trinajstić information content (AvgIpc) is 3.31. The van der Waals surface area contributed by atoms with Crippen molar-refractivity contribution in [3.8, 4) is 16.9 Å². The van der Waals surface area contributed by atoms with E-state index >= 15 is 0 Å². The Morgan fingerprint density at radius 2 is 1.73 bits per heavy atom. The first-order valence-electron chi connectivity index (χ1n) is 11.9. The first-order chi connectivity index (χ1) is 15.9. The van der Waals surface area contributed by atoms with E-state index in [9.17, 15) is 0 Å². The molecule has 0 atom stereocenters. The van der Waals surface area contributed by atoms with Crippen LogP contribution in [0.3, 0.4) is 0 Å². The van der Waals surface area contributed by atoms with E-state index in [1.54, 1.807) is 0 Å². The summed E-state index contributed by atoms with van der Waals surface area (Å²) in [5.74, 6) is 1.78. The van der Waals surface area contributed by atoms with Crippen molar-refractivity contribution in [3.63, 3.8) is 0 Å². The number of hydrogen-bond acceptors (Lipinski definition) is 1. The van der Waals surface area contributed by atoms with Crippen LogP contribution < -0.4 is 4.57 Å². The van der Waals surface area contributed by atoms with Crippen LogP contribution in [0.5, 0.6) is 0 Å². The van der Waals surface area contributed by atoms with Crippen molar-refractivity contribution in [1.29, 1.82) is 0 Å². The lowest BCUT2D eigenvalue weighted by Crippen LogP contribution is -2.32. The normalized spacial score (nSPS) is 12.7. The van der Waals surface area contributed by atoms with E-state index < -0.39 is 0 Å². The average molecular weight is 433 g/mol. The van der Waals surface area contributed by atoms with Crippen LogP contribution in [-0.4, -0.2) is 9.55 Å². The molecule has 3 nitrogen and oxygen atoms in total. The van der Waals surface area contributed by atoms with Gasteiger partial charge in [0, 0.05) is 35.5 Å². The van der Waals surface area contributed by atoms with Gasteiger partial charge in [0.1, 0.15) is 12.9 Å². The Kier molecular flexibility index (Phi) is 4.45. The molecule has 0 saturated heterocycles. The molecule has 0 bridgehead atoms. The van der Waals surface area contributed by atoms with Gasteiger partial charge in [-0.3, -0.25) is 0 Å². The fraction of sp³-hybridized carbons (Fsp3) is 0.267. The van der Waals surface area contributed by atoms with Gasteiger partial charge in [0.15, 0.2) is 0 Å². The van der Waals surface area contributed by atoms with Crippen molar-refractivity contribution in [1.82, 2.24) is 9.55 Å². The van der Waals surface area contributed by atoms with Gasteiger partial charge in [-0.2, -0.15) is 4.57 Å². The van der Waals surface area contributed by atoms with Crippen molar-refractivity contribution in [2.45, 2.75) is 40.5 Å². The van der Waals surface area contributed by atoms with Gasteiger partial charge in [-0.1, -0.05) is 50.2 Å². The summed E-state index contributed by atoms with van der Waals surface area (Å²) in [5, 5.41) is 3.99. The van der Waals surface area contributed by atoms with E-state index in [-0.39, 0.29) is 0 Å². The molecular formula is C30H30N3+. The van der Waals surface area contributed by atoms with E-state index in [0.717, 1.165) is 24.4 Å². The molecule has 0 unspecified atom stereocenters. The number of nitrogens with zero attached hydrogens (tertiary/aromatic N) is 3. The molecule has 0 radical (unpaired) electrons. The highest BCUT2D eigenvalue weighted by molar-refractivity contribution is 6.00. The zero-order valence-electron chi connectivity index (χ0n) is 20.1. The molecule has 5 aromatic rings. The third-order valence-corrected chi connectivity index (χ3v) is 7.21. The molecule has 0 amide bonds. The van der Waals surface area contributed by atoms with Crippen molar-refractivity contribution >= 4 is 21.7 Å². The molecule has 0 aliphatic carbocycles. The van der Waals surface area contributed by atoms with E-state index in [1.807, 2.05) is 0 Å². The summed E-state index contributed by atoms with van der Waals surface area (Å²) in [7, 11) is 2.22. The van der Waals surface area contributed by atoms with Crippen molar-refractivity contribution in [2.75, 3.05) is 0 Å². The zero-order valence-corrected chi connectivity index (χ0v) is 20.1. The highest BCUT2D eigenvalue weighted by Gasteiger charge is 2.30. The first kappa shape index (κ1) is 20.2. The summed E-state index contributed by atoms with van der Waals surface area (Å²) in [4.78, 5) is 4.84. The maximum Gasteiger partial charge on any atom is 0.213 e. The topological polar surface area (TPSA) is 21.7 Å². The van der Waals surface area contributed by atoms with Crippen molar-refractivity contribution in [2.24, 2.45) is 13.0 Å². The lowest BCUT2D eigenvalue weighted by molar-refractivity contribution is -0.633. The summed E-state index contributed by atoms with van der Waals surface area (Å²) < 4.78 is 4.71. The van der Waals surface area contributed by atoms with Crippen LogP contribution in [0.4, 0.5) is 0 Å². The number of pyridine rings is 1. The van der Waals surface area contributed by atoms with E-state index in [2.05, 4.69) is 105 Å². The van der Waals surface area contributed by atoms with Gasteiger partial charge in [0.05, 0.1) is 16.9 Å². The fourth-order valence-corrected chi connectivity index (χ4v) is 5.83. The second-order valence-corrected chi connectivity index (χ2v) is 9.94. The van der Waals surface area contributed by atoms with Gasteiger partial charge in [-0.25, -0.2) is 4.98 Å². The number of aromatic nitrogens is 3. The fourth-order valence-electron chi connectivity index (χ4n) is 5.83. The molecule has 3 heterocycles. The number of fused-ring (bicyclic) bond motifs is 6. The molecule has 6 rings (SSSR count). The van der Waals surface area contributed by atoms with Gasteiger partial charge in [-0.15, -0.1) is 0 Å². The number of imidazole rings is 1. The highest BCUT2D eigenvalue weighted by Crippen LogP contribution is 2.43. The van der Waals surface area contributed by atoms with Crippen molar-refractivity contribution < 1.29 is 4.57 Å². The maximum absolute atomic E-state index is 4.84. The number of benzene rings is 3. The Labute approximate surface area is 195 Å². The summed E-state index contributed by atoms with van der Waals surface area (Å²) in [6.07, 6.45) is 4.16. The van der Waals surface area contributed by atoms with Gasteiger partial charge in [0.2, 0.25) is 11.2 Å². The van der Waals surface area contributed by atoms with Crippen LogP contribution in [-0.2, 0) is 19.9 Å². The Morgan fingerprint density at radius 1 is 0.939 bits per heavy atom. The predicted molar refractivity (Wildman–Crippen MR) is 136 cm³/mol. The predicted octanol–water partition coefficient (Wildman–Crippen LogP) is 6.39. The summed E-state index contributed by atoms with van der Waals surface area (Å²) in [6.45, 7) is 8.95. The summed E-state index contributed by atoms with van der Waals surface area (Å²) in [6, 6.07) is 20.2. The molecule has 1 aliphatic heterocycles. The van der Waals surface area contributed by atoms with Crippen LogP contribution in [0, 0.1) is 19.8 Å². The summed E-state index contributed by atoms with van der Waals surface area (Å²) >= 11 is 0. The van der Waals surface area contributed by atoms with Crippen LogP contribution in [0.25, 0.3) is 38.6 Å². The largest absolute Gasteiger partial charge is 0.302 e. The van der Waals surface area contributed by atoms with Crippen LogP contribution in [0.1, 0.15) is 42.1 Å². The molecule has 0 spiro atoms.